The Morgan fingerprint density at radius 1 is 0.741 bits per heavy atom. The molecule has 0 amide bonds. The van der Waals surface area contributed by atoms with E-state index in [9.17, 15) is 8.42 Å². The second-order valence-corrected chi connectivity index (χ2v) is 9.13. The van der Waals surface area contributed by atoms with E-state index in [1.165, 1.54) is 76.3 Å². The first-order valence-corrected chi connectivity index (χ1v) is 12.3. The summed E-state index contributed by atoms with van der Waals surface area (Å²) < 4.78 is 37.2. The van der Waals surface area contributed by atoms with E-state index in [0.29, 0.717) is 6.42 Å². The van der Waals surface area contributed by atoms with Gasteiger partial charge in [0.05, 0.1) is 12.8 Å². The van der Waals surface area contributed by atoms with Crippen molar-refractivity contribution in [3.63, 3.8) is 0 Å². The van der Waals surface area contributed by atoms with Crippen molar-refractivity contribution < 1.29 is 14.0 Å². The van der Waals surface area contributed by atoms with E-state index in [1.54, 1.807) is 12.1 Å². The monoisotopic (exact) mass is 397 g/mol. The molecule has 0 heterocycles. The van der Waals surface area contributed by atoms with Crippen molar-refractivity contribution in [2.45, 2.75) is 109 Å². The van der Waals surface area contributed by atoms with Gasteiger partial charge in [0, 0.05) is 0 Å². The maximum Gasteiger partial charge on any atom is 0.296 e. The lowest BCUT2D eigenvalue weighted by Crippen LogP contribution is -2.07. The van der Waals surface area contributed by atoms with E-state index < -0.39 is 16.7 Å². The van der Waals surface area contributed by atoms with Gasteiger partial charge in [0.1, 0.15) is 0 Å². The number of rotatable bonds is 17. The molecule has 0 radical (unpaired) electrons. The Hall–Kier alpha value is -0.870. The summed E-state index contributed by atoms with van der Waals surface area (Å²) in [5.74, 6) is 0. The molecule has 0 saturated heterocycles. The van der Waals surface area contributed by atoms with E-state index in [4.69, 9.17) is 5.55 Å². The fraction of sp³-hybridized carbons (Fsp3) is 0.739. The minimum Gasteiger partial charge on any atom is -0.266 e. The highest BCUT2D eigenvalue weighted by molar-refractivity contribution is 7.86. The molecule has 0 aromatic heterocycles. The number of benzene rings is 1. The highest BCUT2D eigenvalue weighted by Crippen LogP contribution is 2.15. The zero-order chi connectivity index (χ0) is 20.7. The first-order chi connectivity index (χ1) is 13.5. The second kappa shape index (κ2) is 15.1. The van der Waals surface area contributed by atoms with Crippen LogP contribution < -0.4 is 0 Å². The molecule has 0 aliphatic carbocycles. The van der Waals surface area contributed by atoms with Crippen LogP contribution in [0.4, 0.5) is 0 Å². The van der Waals surface area contributed by atoms with Crippen LogP contribution in [0.25, 0.3) is 0 Å². The zero-order valence-electron chi connectivity index (χ0n) is 18.4. The molecule has 1 aromatic rings. The predicted molar refractivity (Wildman–Crippen MR) is 115 cm³/mol. The zero-order valence-corrected chi connectivity index (χ0v) is 18.2. The van der Waals surface area contributed by atoms with Crippen molar-refractivity contribution in [3.05, 3.63) is 29.8 Å². The molecular weight excluding hydrogens is 356 g/mol. The summed E-state index contributed by atoms with van der Waals surface area (Å²) in [5.41, 5.74) is 0.994. The van der Waals surface area contributed by atoms with Gasteiger partial charge in [0.2, 0.25) is 0 Å². The SMILES string of the molecule is [2H][C@@H](CCCCCCCCCCCCCCC)OS(=O)(=O)c1ccc(C)cc1. The summed E-state index contributed by atoms with van der Waals surface area (Å²) >= 11 is 0. The van der Waals surface area contributed by atoms with E-state index >= 15 is 0 Å². The van der Waals surface area contributed by atoms with Crippen LogP contribution in [0, 0.1) is 6.92 Å². The van der Waals surface area contributed by atoms with Crippen LogP contribution >= 0.6 is 0 Å². The Morgan fingerprint density at radius 2 is 1.15 bits per heavy atom. The number of hydrogen-bond donors (Lipinski definition) is 0. The molecule has 156 valence electrons. The molecule has 0 fully saturated rings. The molecule has 0 spiro atoms. The first kappa shape index (κ1) is 22.4. The third-order valence-electron chi connectivity index (χ3n) is 4.93. The molecule has 0 saturated carbocycles. The highest BCUT2D eigenvalue weighted by Gasteiger charge is 2.14. The van der Waals surface area contributed by atoms with E-state index in [1.807, 2.05) is 6.92 Å². The molecule has 0 aliphatic heterocycles. The van der Waals surface area contributed by atoms with Gasteiger partial charge in [0.25, 0.3) is 10.1 Å². The van der Waals surface area contributed by atoms with Crippen molar-refractivity contribution >= 4 is 10.1 Å². The maximum absolute atomic E-state index is 12.1. The number of unbranched alkanes of at least 4 members (excludes halogenated alkanes) is 12. The summed E-state index contributed by atoms with van der Waals surface area (Å²) in [5, 5.41) is 0. The minimum atomic E-state index is -3.83. The lowest BCUT2D eigenvalue weighted by Gasteiger charge is -2.06. The average molecular weight is 398 g/mol. The van der Waals surface area contributed by atoms with Gasteiger partial charge in [-0.2, -0.15) is 8.42 Å². The van der Waals surface area contributed by atoms with Crippen LogP contribution in [0.3, 0.4) is 0 Å². The summed E-state index contributed by atoms with van der Waals surface area (Å²) in [6.07, 6.45) is 16.9. The summed E-state index contributed by atoms with van der Waals surface area (Å²) in [6.45, 7) is 3.14. The van der Waals surface area contributed by atoms with E-state index in [0.717, 1.165) is 24.8 Å². The van der Waals surface area contributed by atoms with Gasteiger partial charge in [0.15, 0.2) is 0 Å². The van der Waals surface area contributed by atoms with Crippen molar-refractivity contribution in [1.29, 1.82) is 0 Å². The Morgan fingerprint density at radius 3 is 1.59 bits per heavy atom. The topological polar surface area (TPSA) is 43.4 Å². The second-order valence-electron chi connectivity index (χ2n) is 7.56. The molecule has 1 atom stereocenters. The van der Waals surface area contributed by atoms with Crippen LogP contribution in [0.1, 0.15) is 104 Å². The fourth-order valence-electron chi connectivity index (χ4n) is 3.14. The van der Waals surface area contributed by atoms with Crippen LogP contribution in [-0.2, 0) is 14.3 Å². The first-order valence-electron chi connectivity index (χ1n) is 11.5. The van der Waals surface area contributed by atoms with Crippen molar-refractivity contribution in [2.75, 3.05) is 6.58 Å². The minimum absolute atomic E-state index is 0.126. The van der Waals surface area contributed by atoms with Gasteiger partial charge in [-0.15, -0.1) is 0 Å². The Balaban J connectivity index is 2.00. The van der Waals surface area contributed by atoms with Crippen molar-refractivity contribution in [3.8, 4) is 0 Å². The molecule has 0 N–H and O–H groups in total. The van der Waals surface area contributed by atoms with E-state index in [-0.39, 0.29) is 4.90 Å². The van der Waals surface area contributed by atoms with Crippen molar-refractivity contribution in [1.82, 2.24) is 0 Å². The summed E-state index contributed by atoms with van der Waals surface area (Å²) in [6, 6.07) is 6.54. The smallest absolute Gasteiger partial charge is 0.266 e. The van der Waals surface area contributed by atoms with Gasteiger partial charge < -0.3 is 0 Å². The molecule has 4 heteroatoms. The van der Waals surface area contributed by atoms with Crippen molar-refractivity contribution in [2.24, 2.45) is 0 Å². The maximum atomic E-state index is 12.1. The van der Waals surface area contributed by atoms with Crippen LogP contribution in [-0.4, -0.2) is 15.0 Å². The molecule has 1 rings (SSSR count). The lowest BCUT2D eigenvalue weighted by atomic mass is 10.0. The van der Waals surface area contributed by atoms with Crippen LogP contribution in [0.15, 0.2) is 29.2 Å². The Bertz CT molecular complexity index is 599. The number of aryl methyl sites for hydroxylation is 1. The quantitative estimate of drug-likeness (QED) is 0.206. The third kappa shape index (κ3) is 12.2. The normalized spacial score (nSPS) is 13.5. The highest BCUT2D eigenvalue weighted by atomic mass is 32.2. The molecular formula is C23H40O3S. The van der Waals surface area contributed by atoms with Crippen LogP contribution in [0.2, 0.25) is 0 Å². The Kier molecular flexibility index (Phi) is 12.5. The van der Waals surface area contributed by atoms with E-state index in [2.05, 4.69) is 6.92 Å². The molecule has 1 aromatic carbocycles. The van der Waals surface area contributed by atoms with Crippen LogP contribution in [0.5, 0.6) is 0 Å². The van der Waals surface area contributed by atoms with Gasteiger partial charge in [-0.05, 0) is 25.5 Å². The Labute approximate surface area is 169 Å². The molecule has 0 bridgehead atoms. The largest absolute Gasteiger partial charge is 0.296 e. The average Bonchev–Trinajstić information content (AvgIpc) is 2.65. The summed E-state index contributed by atoms with van der Waals surface area (Å²) in [7, 11) is -3.83. The van der Waals surface area contributed by atoms with Gasteiger partial charge in [-0.1, -0.05) is 108 Å². The van der Waals surface area contributed by atoms with Gasteiger partial charge in [-0.3, -0.25) is 4.18 Å². The van der Waals surface area contributed by atoms with Gasteiger partial charge >= 0.3 is 0 Å². The molecule has 0 aliphatic rings. The standard InChI is InChI=1S/C23H40O3S/c1-3-4-5-6-7-8-9-10-11-12-13-14-15-16-21-26-27(24,25)23-19-17-22(2)18-20-23/h17-20H,3-16,21H2,1-2H3/i21D/t21-/m0/s1. The predicted octanol–water partition coefficient (Wildman–Crippen LogP) is 7.18. The third-order valence-corrected chi connectivity index (χ3v) is 6.17. The molecule has 3 nitrogen and oxygen atoms in total. The summed E-state index contributed by atoms with van der Waals surface area (Å²) in [4.78, 5) is 0.126. The lowest BCUT2D eigenvalue weighted by molar-refractivity contribution is 0.306. The molecule has 0 unspecified atom stereocenters. The fourth-order valence-corrected chi connectivity index (χ4v) is 4.00. The number of hydrogen-bond acceptors (Lipinski definition) is 3. The van der Waals surface area contributed by atoms with Gasteiger partial charge in [-0.25, -0.2) is 0 Å². The molecule has 27 heavy (non-hydrogen) atoms.